The number of hydrogen-bond donors (Lipinski definition) is 0. The maximum Gasteiger partial charge on any atom is 0.384 e. The van der Waals surface area contributed by atoms with E-state index < -0.39 is 11.2 Å². The zero-order valence-electron chi connectivity index (χ0n) is 6.80. The molecule has 14 heavy (non-hydrogen) atoms. The zero-order valence-corrected chi connectivity index (χ0v) is 7.55. The van der Waals surface area contributed by atoms with Crippen LogP contribution in [0.25, 0.3) is 0 Å². The van der Waals surface area contributed by atoms with Crippen molar-refractivity contribution in [1.82, 2.24) is 0 Å². The van der Waals surface area contributed by atoms with Gasteiger partial charge in [-0.25, -0.2) is 0 Å². The second-order valence-electron chi connectivity index (χ2n) is 2.48. The summed E-state index contributed by atoms with van der Waals surface area (Å²) in [6.07, 6.45) is 0. The normalized spacial score (nSPS) is 10.7. The molecule has 1 aromatic rings. The molecule has 0 aliphatic heterocycles. The smallest absolute Gasteiger partial charge is 0.286 e. The second kappa shape index (κ2) is 3.72. The van der Waals surface area contributed by atoms with Crippen molar-refractivity contribution in [3.8, 4) is 6.07 Å². The molecule has 0 unspecified atom stereocenters. The third kappa shape index (κ3) is 2.06. The number of ketones is 1. The molecule has 2 nitrogen and oxygen atoms in total. The molecule has 0 fully saturated rings. The van der Waals surface area contributed by atoms with Gasteiger partial charge in [0.05, 0.1) is 11.6 Å². The molecule has 0 aliphatic rings. The Hall–Kier alpha value is -1.47. The van der Waals surface area contributed by atoms with E-state index in [9.17, 15) is 13.6 Å². The molecule has 0 amide bonds. The van der Waals surface area contributed by atoms with Crippen LogP contribution in [0.1, 0.15) is 15.9 Å². The van der Waals surface area contributed by atoms with Crippen molar-refractivity contribution in [3.05, 3.63) is 35.4 Å². The minimum atomic E-state index is -3.97. The summed E-state index contributed by atoms with van der Waals surface area (Å²) in [4.78, 5) is 11.0. The van der Waals surface area contributed by atoms with Gasteiger partial charge in [0.15, 0.2) is 0 Å². The molecule has 0 atom stereocenters. The summed E-state index contributed by atoms with van der Waals surface area (Å²) in [5.74, 6) is -1.56. The molecule has 0 spiro atoms. The van der Waals surface area contributed by atoms with Crippen LogP contribution in [0.5, 0.6) is 0 Å². The summed E-state index contributed by atoms with van der Waals surface area (Å²) in [7, 11) is 0. The van der Waals surface area contributed by atoms with E-state index >= 15 is 0 Å². The molecule has 0 bridgehead atoms. The fourth-order valence-corrected chi connectivity index (χ4v) is 1.03. The quantitative estimate of drug-likeness (QED) is 0.562. The van der Waals surface area contributed by atoms with Crippen molar-refractivity contribution < 1.29 is 13.6 Å². The lowest BCUT2D eigenvalue weighted by Gasteiger charge is -2.06. The second-order valence-corrected chi connectivity index (χ2v) is 2.96. The largest absolute Gasteiger partial charge is 0.384 e. The van der Waals surface area contributed by atoms with E-state index in [1.165, 1.54) is 18.2 Å². The predicted octanol–water partition coefficient (Wildman–Crippen LogP) is 2.57. The summed E-state index contributed by atoms with van der Waals surface area (Å²) in [6.45, 7) is 0. The Morgan fingerprint density at radius 3 is 2.50 bits per heavy atom. The Balaban J connectivity index is 3.22. The lowest BCUT2D eigenvalue weighted by atomic mass is 10.1. The number of halogens is 3. The number of nitrogens with zero attached hydrogens (tertiary/aromatic N) is 1. The highest BCUT2D eigenvalue weighted by molar-refractivity contribution is 6.35. The average molecular weight is 216 g/mol. The van der Waals surface area contributed by atoms with Gasteiger partial charge in [0.25, 0.3) is 0 Å². The minimum absolute atomic E-state index is 0.113. The van der Waals surface area contributed by atoms with E-state index in [2.05, 4.69) is 11.6 Å². The predicted molar refractivity (Wildman–Crippen MR) is 46.3 cm³/mol. The number of hydrogen-bond acceptors (Lipinski definition) is 2. The van der Waals surface area contributed by atoms with E-state index in [0.29, 0.717) is 0 Å². The molecule has 1 rings (SSSR count). The minimum Gasteiger partial charge on any atom is -0.286 e. The van der Waals surface area contributed by atoms with E-state index in [1.807, 2.05) is 0 Å². The van der Waals surface area contributed by atoms with Crippen LogP contribution in [0.15, 0.2) is 24.3 Å². The Labute approximate surface area is 83.7 Å². The van der Waals surface area contributed by atoms with Crippen LogP contribution in [0.4, 0.5) is 8.78 Å². The molecule has 5 heteroatoms. The molecule has 0 heterocycles. The summed E-state index contributed by atoms with van der Waals surface area (Å²) in [5, 5.41) is 4.58. The number of rotatable bonds is 2. The first kappa shape index (κ1) is 10.6. The number of alkyl halides is 3. The molecular weight excluding hydrogens is 212 g/mol. The van der Waals surface area contributed by atoms with Gasteiger partial charge in [-0.05, 0) is 23.7 Å². The molecule has 0 N–H and O–H groups in total. The van der Waals surface area contributed by atoms with Gasteiger partial charge in [-0.1, -0.05) is 12.1 Å². The molecule has 0 radical (unpaired) electrons. The topological polar surface area (TPSA) is 40.9 Å². The van der Waals surface area contributed by atoms with Crippen molar-refractivity contribution in [2.45, 2.75) is 5.38 Å². The summed E-state index contributed by atoms with van der Waals surface area (Å²) >= 11 is 4.55. The van der Waals surface area contributed by atoms with Crippen molar-refractivity contribution >= 4 is 17.4 Å². The molecule has 0 saturated heterocycles. The molecule has 0 aromatic heterocycles. The van der Waals surface area contributed by atoms with E-state index in [4.69, 9.17) is 5.26 Å². The first-order chi connectivity index (χ1) is 6.46. The maximum atomic E-state index is 12.4. The van der Waals surface area contributed by atoms with E-state index in [1.54, 1.807) is 6.07 Å². The van der Waals surface area contributed by atoms with Crippen LogP contribution in [0.3, 0.4) is 0 Å². The standard InChI is InChI=1S/C9H4ClF2NO/c10-9(11,12)8(14)7-4-2-1-3-6(7)5-13/h1-4H. The molecule has 72 valence electrons. The lowest BCUT2D eigenvalue weighted by Crippen LogP contribution is -2.22. The van der Waals surface area contributed by atoms with Crippen LogP contribution in [-0.4, -0.2) is 11.2 Å². The Morgan fingerprint density at radius 2 is 2.00 bits per heavy atom. The van der Waals surface area contributed by atoms with E-state index in [-0.39, 0.29) is 11.1 Å². The van der Waals surface area contributed by atoms with Gasteiger partial charge >= 0.3 is 5.38 Å². The Kier molecular flexibility index (Phi) is 2.82. The van der Waals surface area contributed by atoms with Crippen LogP contribution in [0, 0.1) is 11.3 Å². The van der Waals surface area contributed by atoms with Gasteiger partial charge in [0.2, 0.25) is 5.78 Å². The highest BCUT2D eigenvalue weighted by atomic mass is 35.5. The Bertz CT molecular complexity index is 406. The van der Waals surface area contributed by atoms with Gasteiger partial charge in [0, 0.05) is 5.56 Å². The molecule has 0 saturated carbocycles. The highest BCUT2D eigenvalue weighted by Crippen LogP contribution is 2.25. The molecule has 1 aromatic carbocycles. The third-order valence-corrected chi connectivity index (χ3v) is 1.72. The maximum absolute atomic E-state index is 12.4. The first-order valence-electron chi connectivity index (χ1n) is 3.57. The number of carbonyl (C=O) groups excluding carboxylic acids is 1. The lowest BCUT2D eigenvalue weighted by molar-refractivity contribution is 0.0536. The van der Waals surface area contributed by atoms with Gasteiger partial charge < -0.3 is 0 Å². The van der Waals surface area contributed by atoms with Crippen molar-refractivity contribution in [2.75, 3.05) is 0 Å². The molecule has 0 aliphatic carbocycles. The monoisotopic (exact) mass is 215 g/mol. The number of nitriles is 1. The average Bonchev–Trinajstić information content (AvgIpc) is 2.15. The summed E-state index contributed by atoms with van der Waals surface area (Å²) in [5.41, 5.74) is -0.479. The van der Waals surface area contributed by atoms with Crippen molar-refractivity contribution in [2.24, 2.45) is 0 Å². The van der Waals surface area contributed by atoms with Crippen molar-refractivity contribution in [1.29, 1.82) is 5.26 Å². The number of carbonyl (C=O) groups is 1. The Morgan fingerprint density at radius 1 is 1.43 bits per heavy atom. The molecular formula is C9H4ClF2NO. The SMILES string of the molecule is N#Cc1ccccc1C(=O)C(F)(F)Cl. The fraction of sp³-hybridized carbons (Fsp3) is 0.111. The van der Waals surface area contributed by atoms with Crippen LogP contribution in [-0.2, 0) is 0 Å². The van der Waals surface area contributed by atoms with Gasteiger partial charge in [-0.15, -0.1) is 0 Å². The first-order valence-corrected chi connectivity index (χ1v) is 3.95. The van der Waals surface area contributed by atoms with Crippen LogP contribution in [0.2, 0.25) is 0 Å². The van der Waals surface area contributed by atoms with Crippen molar-refractivity contribution in [3.63, 3.8) is 0 Å². The number of Topliss-reactive ketones (excluding diaryl/α,β-unsaturated/α-hetero) is 1. The van der Waals surface area contributed by atoms with Gasteiger partial charge in [-0.2, -0.15) is 14.0 Å². The third-order valence-electron chi connectivity index (χ3n) is 1.55. The van der Waals surface area contributed by atoms with Crippen LogP contribution < -0.4 is 0 Å². The summed E-state index contributed by atoms with van der Waals surface area (Å²) in [6, 6.07) is 6.91. The fourth-order valence-electron chi connectivity index (χ4n) is 0.931. The van der Waals surface area contributed by atoms with Gasteiger partial charge in [-0.3, -0.25) is 4.79 Å². The van der Waals surface area contributed by atoms with Crippen LogP contribution >= 0.6 is 11.6 Å². The van der Waals surface area contributed by atoms with Gasteiger partial charge in [0.1, 0.15) is 0 Å². The number of benzene rings is 1. The summed E-state index contributed by atoms with van der Waals surface area (Å²) < 4.78 is 24.8. The zero-order chi connectivity index (χ0) is 10.8. The van der Waals surface area contributed by atoms with E-state index in [0.717, 1.165) is 6.07 Å². The highest BCUT2D eigenvalue weighted by Gasteiger charge is 2.37.